The molecule has 8 nitrogen and oxygen atoms in total. The molecule has 0 radical (unpaired) electrons. The predicted octanol–water partition coefficient (Wildman–Crippen LogP) is 4.61. The predicted molar refractivity (Wildman–Crippen MR) is 149 cm³/mol. The molecular formula is C29H38FN7O. The van der Waals surface area contributed by atoms with Gasteiger partial charge in [-0.05, 0) is 68.4 Å². The molecule has 0 spiro atoms. The van der Waals surface area contributed by atoms with E-state index in [1.54, 1.807) is 6.07 Å². The van der Waals surface area contributed by atoms with Gasteiger partial charge in [-0.25, -0.2) is 13.9 Å². The highest BCUT2D eigenvalue weighted by atomic mass is 19.1. The fraction of sp³-hybridized carbons (Fsp3) is 0.552. The van der Waals surface area contributed by atoms with Crippen LogP contribution in [0.25, 0.3) is 16.6 Å². The molecule has 202 valence electrons. The van der Waals surface area contributed by atoms with Gasteiger partial charge in [-0.15, -0.1) is 5.10 Å². The normalized spacial score (nSPS) is 24.4. The molecule has 1 saturated carbocycles. The molecule has 0 amide bonds. The van der Waals surface area contributed by atoms with Crippen LogP contribution in [-0.4, -0.2) is 75.7 Å². The van der Waals surface area contributed by atoms with E-state index in [0.717, 1.165) is 73.5 Å². The van der Waals surface area contributed by atoms with Gasteiger partial charge in [-0.2, -0.15) is 0 Å². The first-order chi connectivity index (χ1) is 18.4. The minimum atomic E-state index is -0.286. The summed E-state index contributed by atoms with van der Waals surface area (Å²) in [5.41, 5.74) is 4.92. The van der Waals surface area contributed by atoms with Crippen LogP contribution in [0.4, 0.5) is 16.0 Å². The van der Waals surface area contributed by atoms with E-state index in [2.05, 4.69) is 45.4 Å². The molecule has 1 atom stereocenters. The molecule has 2 fully saturated rings. The minimum Gasteiger partial charge on any atom is -0.379 e. The number of aliphatic imine (C=N–C) groups is 1. The molecule has 3 aliphatic rings. The highest BCUT2D eigenvalue weighted by Gasteiger charge is 2.28. The Morgan fingerprint density at radius 2 is 1.89 bits per heavy atom. The third-order valence-electron chi connectivity index (χ3n) is 8.21. The highest BCUT2D eigenvalue weighted by Crippen LogP contribution is 2.36. The van der Waals surface area contributed by atoms with Crippen LogP contribution in [0.5, 0.6) is 0 Å². The summed E-state index contributed by atoms with van der Waals surface area (Å²) >= 11 is 0. The molecule has 1 saturated heterocycles. The number of fused-ring (bicyclic) bond motifs is 2. The summed E-state index contributed by atoms with van der Waals surface area (Å²) in [4.78, 5) is 11.8. The number of rotatable bonds is 6. The van der Waals surface area contributed by atoms with Gasteiger partial charge in [0.1, 0.15) is 11.5 Å². The number of hydrogen-bond acceptors (Lipinski definition) is 7. The Bertz CT molecular complexity index is 1320. The fourth-order valence-electron chi connectivity index (χ4n) is 6.22. The number of ether oxygens (including phenoxy) is 1. The Hall–Kier alpha value is -2.88. The van der Waals surface area contributed by atoms with Crippen molar-refractivity contribution in [2.45, 2.75) is 77.0 Å². The quantitative estimate of drug-likeness (QED) is 0.495. The zero-order chi connectivity index (χ0) is 26.2. The molecule has 4 heterocycles. The molecule has 1 aliphatic carbocycles. The van der Waals surface area contributed by atoms with Crippen LogP contribution in [0.2, 0.25) is 0 Å². The van der Waals surface area contributed by atoms with Crippen LogP contribution >= 0.6 is 0 Å². The van der Waals surface area contributed by atoms with Gasteiger partial charge in [0, 0.05) is 54.7 Å². The monoisotopic (exact) mass is 519 g/mol. The van der Waals surface area contributed by atoms with Gasteiger partial charge in [0.2, 0.25) is 5.95 Å². The highest BCUT2D eigenvalue weighted by molar-refractivity contribution is 5.93. The molecule has 2 aromatic heterocycles. The van der Waals surface area contributed by atoms with E-state index >= 15 is 4.39 Å². The standard InChI is InChI=1S/C29H38FN7O/c1-18(2)32-26-16-21-14-20(15-25(30)28(21)33-19(26)3)24-8-9-37-27(24)17-31-29(35-37)34-22-4-6-23(7-5-22)36-10-12-38-13-11-36/h8-9,14-15,17-18,22-23,26,32H,4-7,10-13,16H2,1-3H3,(H,34,35). The average molecular weight is 520 g/mol. The van der Waals surface area contributed by atoms with E-state index < -0.39 is 0 Å². The van der Waals surface area contributed by atoms with Crippen molar-refractivity contribution in [1.82, 2.24) is 24.8 Å². The van der Waals surface area contributed by atoms with E-state index in [4.69, 9.17) is 9.84 Å². The summed E-state index contributed by atoms with van der Waals surface area (Å²) in [6.45, 7) is 10.0. The summed E-state index contributed by atoms with van der Waals surface area (Å²) < 4.78 is 22.5. The number of benzene rings is 1. The molecule has 2 N–H and O–H groups in total. The van der Waals surface area contributed by atoms with Crippen molar-refractivity contribution in [3.63, 3.8) is 0 Å². The van der Waals surface area contributed by atoms with Crippen molar-refractivity contribution in [3.05, 3.63) is 42.0 Å². The maximum Gasteiger partial charge on any atom is 0.241 e. The number of morpholine rings is 1. The maximum atomic E-state index is 15.2. The zero-order valence-electron chi connectivity index (χ0n) is 22.6. The van der Waals surface area contributed by atoms with Crippen molar-refractivity contribution in [2.75, 3.05) is 31.6 Å². The summed E-state index contributed by atoms with van der Waals surface area (Å²) in [6.07, 6.45) is 9.09. The summed E-state index contributed by atoms with van der Waals surface area (Å²) in [5, 5.41) is 11.8. The lowest BCUT2D eigenvalue weighted by Gasteiger charge is -2.38. The van der Waals surface area contributed by atoms with Crippen molar-refractivity contribution in [2.24, 2.45) is 4.99 Å². The van der Waals surface area contributed by atoms with Crippen LogP contribution in [0.1, 0.15) is 52.0 Å². The van der Waals surface area contributed by atoms with Gasteiger partial charge in [0.25, 0.3) is 0 Å². The van der Waals surface area contributed by atoms with Crippen molar-refractivity contribution >= 4 is 22.9 Å². The maximum absolute atomic E-state index is 15.2. The Labute approximate surface area is 223 Å². The molecule has 3 aromatic rings. The molecule has 9 heteroatoms. The number of hydrogen-bond donors (Lipinski definition) is 2. The first kappa shape index (κ1) is 25.4. The second-order valence-corrected chi connectivity index (χ2v) is 11.2. The van der Waals surface area contributed by atoms with Gasteiger partial charge >= 0.3 is 0 Å². The van der Waals surface area contributed by atoms with Crippen LogP contribution in [0.3, 0.4) is 0 Å². The van der Waals surface area contributed by atoms with Crippen LogP contribution in [-0.2, 0) is 11.2 Å². The van der Waals surface area contributed by atoms with E-state index in [-0.39, 0.29) is 11.9 Å². The Balaban J connectivity index is 1.17. The Morgan fingerprint density at radius 1 is 1.11 bits per heavy atom. The van der Waals surface area contributed by atoms with Gasteiger partial charge in [0.15, 0.2) is 0 Å². The van der Waals surface area contributed by atoms with Crippen molar-refractivity contribution < 1.29 is 9.13 Å². The average Bonchev–Trinajstić information content (AvgIpc) is 3.33. The van der Waals surface area contributed by atoms with Gasteiger partial charge in [-0.1, -0.05) is 13.8 Å². The lowest BCUT2D eigenvalue weighted by molar-refractivity contribution is 0.00790. The summed E-state index contributed by atoms with van der Waals surface area (Å²) in [5.74, 6) is 0.351. The largest absolute Gasteiger partial charge is 0.379 e. The number of halogens is 1. The van der Waals surface area contributed by atoms with E-state index in [0.29, 0.717) is 29.8 Å². The summed E-state index contributed by atoms with van der Waals surface area (Å²) in [7, 11) is 0. The molecule has 2 aliphatic heterocycles. The lowest BCUT2D eigenvalue weighted by atomic mass is 9.90. The van der Waals surface area contributed by atoms with Crippen molar-refractivity contribution in [3.8, 4) is 11.1 Å². The third-order valence-corrected chi connectivity index (χ3v) is 8.21. The second kappa shape index (κ2) is 10.7. The van der Waals surface area contributed by atoms with Gasteiger partial charge in [0.05, 0.1) is 24.9 Å². The number of nitrogens with one attached hydrogen (secondary N) is 2. The van der Waals surface area contributed by atoms with E-state index in [1.165, 1.54) is 12.8 Å². The van der Waals surface area contributed by atoms with Gasteiger partial charge in [-0.3, -0.25) is 9.89 Å². The smallest absolute Gasteiger partial charge is 0.241 e. The van der Waals surface area contributed by atoms with E-state index in [9.17, 15) is 0 Å². The fourth-order valence-corrected chi connectivity index (χ4v) is 6.22. The number of anilines is 1. The van der Waals surface area contributed by atoms with Crippen LogP contribution in [0.15, 0.2) is 35.6 Å². The number of nitrogens with zero attached hydrogens (tertiary/aromatic N) is 5. The molecule has 0 bridgehead atoms. The SMILES string of the molecule is CC1=Nc2c(F)cc(-c3ccn4nc(NC5CCC(N6CCOCC6)CC5)ncc34)cc2CC1NC(C)C. The van der Waals surface area contributed by atoms with Gasteiger partial charge < -0.3 is 15.4 Å². The van der Waals surface area contributed by atoms with E-state index in [1.807, 2.05) is 29.9 Å². The topological polar surface area (TPSA) is 79.1 Å². The molecule has 38 heavy (non-hydrogen) atoms. The van der Waals surface area contributed by atoms with Crippen LogP contribution in [0, 0.1) is 5.82 Å². The van der Waals surface area contributed by atoms with Crippen molar-refractivity contribution in [1.29, 1.82) is 0 Å². The first-order valence-electron chi connectivity index (χ1n) is 14.0. The zero-order valence-corrected chi connectivity index (χ0v) is 22.6. The number of aromatic nitrogens is 3. The third kappa shape index (κ3) is 5.19. The Kier molecular flexibility index (Phi) is 7.16. The second-order valence-electron chi connectivity index (χ2n) is 11.2. The minimum absolute atomic E-state index is 0.115. The first-order valence-corrected chi connectivity index (χ1v) is 14.0. The molecule has 1 aromatic carbocycles. The Morgan fingerprint density at radius 3 is 2.66 bits per heavy atom. The van der Waals surface area contributed by atoms with Crippen LogP contribution < -0.4 is 10.6 Å². The molecular weight excluding hydrogens is 481 g/mol. The molecule has 6 rings (SSSR count). The lowest BCUT2D eigenvalue weighted by Crippen LogP contribution is -2.46. The molecule has 1 unspecified atom stereocenters. The summed E-state index contributed by atoms with van der Waals surface area (Å²) in [6, 6.07) is 7.13.